The fourth-order valence-corrected chi connectivity index (χ4v) is 4.09. The number of hydrogen-bond donors (Lipinski definition) is 2. The normalized spacial score (nSPS) is 21.3. The number of nitrogens with zero attached hydrogens (tertiary/aromatic N) is 6. The number of primary amides is 1. The highest BCUT2D eigenvalue weighted by Gasteiger charge is 2.38. The Morgan fingerprint density at radius 3 is 2.76 bits per heavy atom. The molecule has 2 atom stereocenters. The van der Waals surface area contributed by atoms with Gasteiger partial charge in [-0.25, -0.2) is 4.98 Å². The highest BCUT2D eigenvalue weighted by Crippen LogP contribution is 2.37. The summed E-state index contributed by atoms with van der Waals surface area (Å²) < 4.78 is 52.0. The number of alkyl halides is 3. The number of anilines is 1. The van der Waals surface area contributed by atoms with Crippen LogP contribution in [0.25, 0.3) is 5.65 Å². The van der Waals surface area contributed by atoms with Gasteiger partial charge in [0.1, 0.15) is 17.4 Å². The van der Waals surface area contributed by atoms with Crippen molar-refractivity contribution in [3.8, 4) is 5.88 Å². The van der Waals surface area contributed by atoms with Gasteiger partial charge in [-0.2, -0.15) is 27.8 Å². The first-order chi connectivity index (χ1) is 16.3. The standard InChI is InChI=1S/C20H21F3N8O3/c21-20(22,23)13-7-25-19(27-18(13)34-12-8-33-9-12)26-11-3-1-2-10(6-11)17-29-28-15-5-4-14(16(24)32)30-31(15)17/h4-5,7,10-12H,1-3,6,8-9H2,(H2,24,32)(H,25,26,27)/t10-,11+/m0/s1. The number of nitrogens with two attached hydrogens (primary N) is 1. The highest BCUT2D eigenvalue weighted by molar-refractivity contribution is 5.90. The van der Waals surface area contributed by atoms with Crippen molar-refractivity contribution in [2.45, 2.75) is 49.9 Å². The Bertz CT molecular complexity index is 1210. The average Bonchev–Trinajstić information content (AvgIpc) is 3.19. The molecule has 3 aromatic heterocycles. The molecule has 1 amide bonds. The minimum atomic E-state index is -4.64. The second-order valence-electron chi connectivity index (χ2n) is 8.30. The van der Waals surface area contributed by atoms with Crippen LogP contribution < -0.4 is 15.8 Å². The molecule has 3 aromatic rings. The number of ether oxygens (including phenoxy) is 2. The Morgan fingerprint density at radius 1 is 1.24 bits per heavy atom. The molecule has 0 bridgehead atoms. The molecule has 34 heavy (non-hydrogen) atoms. The van der Waals surface area contributed by atoms with Gasteiger partial charge in [-0.3, -0.25) is 4.79 Å². The minimum Gasteiger partial charge on any atom is -0.469 e. The van der Waals surface area contributed by atoms with Crippen LogP contribution in [0, 0.1) is 0 Å². The van der Waals surface area contributed by atoms with Crippen molar-refractivity contribution in [1.29, 1.82) is 0 Å². The summed E-state index contributed by atoms with van der Waals surface area (Å²) in [5, 5.41) is 15.7. The zero-order valence-electron chi connectivity index (χ0n) is 17.8. The molecule has 0 unspecified atom stereocenters. The lowest BCUT2D eigenvalue weighted by Gasteiger charge is -2.29. The zero-order valence-corrected chi connectivity index (χ0v) is 17.8. The van der Waals surface area contributed by atoms with Gasteiger partial charge in [0.25, 0.3) is 5.91 Å². The number of fused-ring (bicyclic) bond motifs is 1. The third-order valence-corrected chi connectivity index (χ3v) is 5.86. The molecule has 2 fully saturated rings. The van der Waals surface area contributed by atoms with Crippen LogP contribution in [0.15, 0.2) is 18.3 Å². The van der Waals surface area contributed by atoms with Gasteiger partial charge in [0.05, 0.1) is 13.2 Å². The number of carbonyl (C=O) groups is 1. The lowest BCUT2D eigenvalue weighted by molar-refractivity contribution is -0.142. The van der Waals surface area contributed by atoms with Crippen LogP contribution in [0.1, 0.15) is 53.5 Å². The van der Waals surface area contributed by atoms with Crippen molar-refractivity contribution in [3.05, 3.63) is 35.4 Å². The molecule has 0 spiro atoms. The number of carbonyl (C=O) groups excluding carboxylic acids is 1. The quantitative estimate of drug-likeness (QED) is 0.543. The average molecular weight is 478 g/mol. The van der Waals surface area contributed by atoms with E-state index in [0.717, 1.165) is 25.5 Å². The predicted molar refractivity (Wildman–Crippen MR) is 110 cm³/mol. The lowest BCUT2D eigenvalue weighted by Crippen LogP contribution is -2.39. The van der Waals surface area contributed by atoms with Gasteiger partial charge in [-0.05, 0) is 31.4 Å². The second kappa shape index (κ2) is 8.66. The number of halogens is 3. The van der Waals surface area contributed by atoms with Crippen LogP contribution in [0.2, 0.25) is 0 Å². The van der Waals surface area contributed by atoms with Gasteiger partial charge in [0.2, 0.25) is 11.8 Å². The van der Waals surface area contributed by atoms with Gasteiger partial charge >= 0.3 is 6.18 Å². The molecular formula is C20H21F3N8O3. The van der Waals surface area contributed by atoms with Crippen LogP contribution in [0.4, 0.5) is 19.1 Å². The van der Waals surface area contributed by atoms with Crippen molar-refractivity contribution in [3.63, 3.8) is 0 Å². The fraction of sp³-hybridized carbons (Fsp3) is 0.500. The highest BCUT2D eigenvalue weighted by atomic mass is 19.4. The Hall–Kier alpha value is -3.55. The van der Waals surface area contributed by atoms with Crippen LogP contribution in [-0.4, -0.2) is 61.0 Å². The van der Waals surface area contributed by atoms with E-state index in [1.807, 2.05) is 0 Å². The molecule has 5 rings (SSSR count). The molecule has 0 aromatic carbocycles. The molecule has 4 heterocycles. The van der Waals surface area contributed by atoms with Crippen LogP contribution in [0.3, 0.4) is 0 Å². The molecule has 2 aliphatic rings. The third-order valence-electron chi connectivity index (χ3n) is 5.86. The first kappa shape index (κ1) is 22.3. The fourth-order valence-electron chi connectivity index (χ4n) is 4.09. The summed E-state index contributed by atoms with van der Waals surface area (Å²) in [6.45, 7) is 0.429. The van der Waals surface area contributed by atoms with E-state index in [2.05, 4.69) is 30.6 Å². The minimum absolute atomic E-state index is 0.0471. The zero-order chi connectivity index (χ0) is 23.9. The van der Waals surface area contributed by atoms with Crippen LogP contribution >= 0.6 is 0 Å². The van der Waals surface area contributed by atoms with E-state index in [4.69, 9.17) is 15.2 Å². The van der Waals surface area contributed by atoms with E-state index in [-0.39, 0.29) is 36.8 Å². The maximum absolute atomic E-state index is 13.4. The molecule has 180 valence electrons. The molecule has 1 saturated carbocycles. The molecular weight excluding hydrogens is 457 g/mol. The van der Waals surface area contributed by atoms with Gasteiger partial charge < -0.3 is 20.5 Å². The van der Waals surface area contributed by atoms with Crippen molar-refractivity contribution < 1.29 is 27.4 Å². The molecule has 14 heteroatoms. The summed E-state index contributed by atoms with van der Waals surface area (Å²) >= 11 is 0. The molecule has 1 aliphatic heterocycles. The Labute approximate surface area is 190 Å². The van der Waals surface area contributed by atoms with E-state index in [9.17, 15) is 18.0 Å². The summed E-state index contributed by atoms with van der Waals surface area (Å²) in [6, 6.07) is 2.98. The molecule has 1 aliphatic carbocycles. The summed E-state index contributed by atoms with van der Waals surface area (Å²) in [5.41, 5.74) is 4.89. The van der Waals surface area contributed by atoms with Crippen molar-refractivity contribution in [1.82, 2.24) is 29.8 Å². The van der Waals surface area contributed by atoms with Gasteiger partial charge in [0, 0.05) is 18.2 Å². The Morgan fingerprint density at radius 2 is 2.06 bits per heavy atom. The number of hydrogen-bond acceptors (Lipinski definition) is 9. The van der Waals surface area contributed by atoms with E-state index >= 15 is 0 Å². The maximum atomic E-state index is 13.4. The van der Waals surface area contributed by atoms with Gasteiger partial charge in [-0.1, -0.05) is 6.42 Å². The number of aromatic nitrogens is 6. The summed E-state index contributed by atoms with van der Waals surface area (Å²) in [6.07, 6.45) is -1.38. The molecule has 0 radical (unpaired) electrons. The Balaban J connectivity index is 1.35. The van der Waals surface area contributed by atoms with Crippen molar-refractivity contribution in [2.24, 2.45) is 5.73 Å². The lowest BCUT2D eigenvalue weighted by atomic mass is 9.85. The first-order valence-electron chi connectivity index (χ1n) is 10.8. The number of rotatable bonds is 6. The predicted octanol–water partition coefficient (Wildman–Crippen LogP) is 1.95. The smallest absolute Gasteiger partial charge is 0.423 e. The molecule has 1 saturated heterocycles. The SMILES string of the molecule is NC(=O)c1ccc2nnc([C@H]3CCC[C@@H](Nc4ncc(C(F)(F)F)c(OC5COC5)n4)C3)n2n1. The van der Waals surface area contributed by atoms with Gasteiger partial charge in [0.15, 0.2) is 11.5 Å². The van der Waals surface area contributed by atoms with Crippen LogP contribution in [-0.2, 0) is 10.9 Å². The number of nitrogens with one attached hydrogen (secondary N) is 1. The van der Waals surface area contributed by atoms with Crippen LogP contribution in [0.5, 0.6) is 5.88 Å². The topological polar surface area (TPSA) is 142 Å². The number of amides is 1. The molecule has 3 N–H and O–H groups in total. The Kier molecular flexibility index (Phi) is 5.67. The molecule has 11 nitrogen and oxygen atoms in total. The second-order valence-corrected chi connectivity index (χ2v) is 8.30. The van der Waals surface area contributed by atoms with E-state index in [1.165, 1.54) is 10.6 Å². The monoisotopic (exact) mass is 478 g/mol. The van der Waals surface area contributed by atoms with Gasteiger partial charge in [-0.15, -0.1) is 10.2 Å². The van der Waals surface area contributed by atoms with Crippen molar-refractivity contribution >= 4 is 17.5 Å². The third kappa shape index (κ3) is 4.44. The van der Waals surface area contributed by atoms with E-state index < -0.39 is 29.6 Å². The van der Waals surface area contributed by atoms with E-state index in [0.29, 0.717) is 17.9 Å². The largest absolute Gasteiger partial charge is 0.469 e. The summed E-state index contributed by atoms with van der Waals surface area (Å²) in [5.74, 6) is -0.580. The van der Waals surface area contributed by atoms with E-state index in [1.54, 1.807) is 6.07 Å². The first-order valence-corrected chi connectivity index (χ1v) is 10.8. The maximum Gasteiger partial charge on any atom is 0.423 e. The summed E-state index contributed by atoms with van der Waals surface area (Å²) in [7, 11) is 0. The van der Waals surface area contributed by atoms with Crippen molar-refractivity contribution in [2.75, 3.05) is 18.5 Å². The summed E-state index contributed by atoms with van der Waals surface area (Å²) in [4.78, 5) is 19.4.